The third-order valence-corrected chi connectivity index (χ3v) is 3.67. The Morgan fingerprint density at radius 1 is 1.41 bits per heavy atom. The molecule has 94 valence electrons. The Bertz CT molecular complexity index is 497. The maximum atomic E-state index is 11.7. The second-order valence-corrected chi connectivity index (χ2v) is 5.22. The summed E-state index contributed by atoms with van der Waals surface area (Å²) in [6.07, 6.45) is 0. The Kier molecular flexibility index (Phi) is 4.16. The van der Waals surface area contributed by atoms with Gasteiger partial charge in [0.15, 0.2) is 0 Å². The van der Waals surface area contributed by atoms with Crippen LogP contribution in [-0.4, -0.2) is 25.9 Å². The average Bonchev–Trinajstić information content (AvgIpc) is 2.28. The molecule has 0 spiro atoms. The number of hydrogen-bond donors (Lipinski definition) is 2. The molecule has 0 saturated carbocycles. The Balaban J connectivity index is 2.96. The van der Waals surface area contributed by atoms with Gasteiger partial charge in [-0.15, -0.1) is 0 Å². The third kappa shape index (κ3) is 3.48. The quantitative estimate of drug-likeness (QED) is 0.579. The summed E-state index contributed by atoms with van der Waals surface area (Å²) < 4.78 is 25.8. The molecule has 1 atom stereocenters. The van der Waals surface area contributed by atoms with Crippen LogP contribution in [0.5, 0.6) is 0 Å². The number of nitrogens with one attached hydrogen (secondary N) is 1. The first-order chi connectivity index (χ1) is 7.86. The zero-order chi connectivity index (χ0) is 13.1. The summed E-state index contributed by atoms with van der Waals surface area (Å²) in [5.74, 6) is 0. The van der Waals surface area contributed by atoms with Gasteiger partial charge in [-0.3, -0.25) is 10.1 Å². The minimum atomic E-state index is -3.67. The summed E-state index contributed by atoms with van der Waals surface area (Å²) >= 11 is 0. The normalized spacial score (nSPS) is 13.3. The predicted molar refractivity (Wildman–Crippen MR) is 61.9 cm³/mol. The van der Waals surface area contributed by atoms with E-state index in [1.807, 2.05) is 0 Å². The highest BCUT2D eigenvalue weighted by molar-refractivity contribution is 7.89. The molecule has 1 aromatic carbocycles. The molecule has 7 nitrogen and oxygen atoms in total. The van der Waals surface area contributed by atoms with Crippen LogP contribution in [0.2, 0.25) is 0 Å². The molecule has 0 aliphatic rings. The molecule has 0 amide bonds. The number of nitrogens with zero attached hydrogens (tertiary/aromatic N) is 1. The first-order valence-electron chi connectivity index (χ1n) is 4.83. The van der Waals surface area contributed by atoms with E-state index in [0.717, 1.165) is 12.1 Å². The molecule has 17 heavy (non-hydrogen) atoms. The van der Waals surface area contributed by atoms with Gasteiger partial charge in [-0.2, -0.15) is 0 Å². The van der Waals surface area contributed by atoms with Crippen LogP contribution in [0.3, 0.4) is 0 Å². The zero-order valence-corrected chi connectivity index (χ0v) is 9.98. The molecule has 0 aromatic heterocycles. The van der Waals surface area contributed by atoms with Crippen LogP contribution in [0.1, 0.15) is 6.92 Å². The van der Waals surface area contributed by atoms with E-state index in [2.05, 4.69) is 4.72 Å². The molecule has 0 bridgehead atoms. The summed E-state index contributed by atoms with van der Waals surface area (Å²) in [6, 6.07) is 4.26. The summed E-state index contributed by atoms with van der Waals surface area (Å²) in [7, 11) is -3.67. The van der Waals surface area contributed by atoms with E-state index in [9.17, 15) is 18.5 Å². The van der Waals surface area contributed by atoms with Crippen LogP contribution >= 0.6 is 0 Å². The van der Waals surface area contributed by atoms with E-state index in [1.54, 1.807) is 6.92 Å². The second-order valence-electron chi connectivity index (χ2n) is 3.51. The molecule has 8 heteroatoms. The lowest BCUT2D eigenvalue weighted by molar-refractivity contribution is -0.384. The van der Waals surface area contributed by atoms with Crippen molar-refractivity contribution < 1.29 is 13.3 Å². The summed E-state index contributed by atoms with van der Waals surface area (Å²) in [6.45, 7) is 1.80. The monoisotopic (exact) mass is 259 g/mol. The fourth-order valence-corrected chi connectivity index (χ4v) is 2.38. The van der Waals surface area contributed by atoms with Crippen molar-refractivity contribution in [3.63, 3.8) is 0 Å². The Hall–Kier alpha value is -1.51. The van der Waals surface area contributed by atoms with Gasteiger partial charge in [0.05, 0.1) is 9.82 Å². The van der Waals surface area contributed by atoms with E-state index in [1.165, 1.54) is 12.1 Å². The first-order valence-corrected chi connectivity index (χ1v) is 6.32. The van der Waals surface area contributed by atoms with Gasteiger partial charge in [0.25, 0.3) is 5.69 Å². The fraction of sp³-hybridized carbons (Fsp3) is 0.333. The lowest BCUT2D eigenvalue weighted by atomic mass is 10.3. The van der Waals surface area contributed by atoms with Gasteiger partial charge in [0, 0.05) is 24.7 Å². The van der Waals surface area contributed by atoms with Gasteiger partial charge in [-0.25, -0.2) is 13.1 Å². The van der Waals surface area contributed by atoms with Gasteiger partial charge in [-0.05, 0) is 19.1 Å². The van der Waals surface area contributed by atoms with Crippen molar-refractivity contribution in [1.29, 1.82) is 0 Å². The Morgan fingerprint density at radius 3 is 2.35 bits per heavy atom. The summed E-state index contributed by atoms with van der Waals surface area (Å²) in [5, 5.41) is 10.4. The van der Waals surface area contributed by atoms with Crippen molar-refractivity contribution in [3.8, 4) is 0 Å². The van der Waals surface area contributed by atoms with Crippen molar-refractivity contribution >= 4 is 15.7 Å². The number of nitro groups is 1. The fourth-order valence-electron chi connectivity index (χ4n) is 1.13. The van der Waals surface area contributed by atoms with Gasteiger partial charge < -0.3 is 5.73 Å². The second kappa shape index (κ2) is 5.21. The SMILES string of the molecule is C[C@H](CN)NS(=O)(=O)c1ccc([N+](=O)[O-])cc1. The van der Waals surface area contributed by atoms with E-state index >= 15 is 0 Å². The minimum absolute atomic E-state index is 0.0246. The molecule has 1 aromatic rings. The standard InChI is InChI=1S/C9H13N3O4S/c1-7(6-10)11-17(15,16)9-4-2-8(3-5-9)12(13)14/h2-5,7,11H,6,10H2,1H3/t7-/m1/s1. The lowest BCUT2D eigenvalue weighted by Gasteiger charge is -2.11. The number of nitro benzene ring substituents is 1. The van der Waals surface area contributed by atoms with Crippen LogP contribution in [0.4, 0.5) is 5.69 Å². The maximum absolute atomic E-state index is 11.7. The molecule has 0 heterocycles. The molecule has 0 aliphatic carbocycles. The van der Waals surface area contributed by atoms with Crippen LogP contribution < -0.4 is 10.5 Å². The largest absolute Gasteiger partial charge is 0.329 e. The van der Waals surface area contributed by atoms with Crippen molar-refractivity contribution in [3.05, 3.63) is 34.4 Å². The van der Waals surface area contributed by atoms with Crippen LogP contribution in [0.15, 0.2) is 29.2 Å². The number of nitrogens with two attached hydrogens (primary N) is 1. The number of rotatable bonds is 5. The molecular weight excluding hydrogens is 246 g/mol. The molecule has 1 rings (SSSR count). The maximum Gasteiger partial charge on any atom is 0.269 e. The Morgan fingerprint density at radius 2 is 1.94 bits per heavy atom. The highest BCUT2D eigenvalue weighted by Gasteiger charge is 2.17. The lowest BCUT2D eigenvalue weighted by Crippen LogP contribution is -2.37. The molecule has 0 aliphatic heterocycles. The van der Waals surface area contributed by atoms with Crippen molar-refractivity contribution in [2.45, 2.75) is 17.9 Å². The van der Waals surface area contributed by atoms with Gasteiger partial charge in [0.1, 0.15) is 0 Å². The third-order valence-electron chi connectivity index (χ3n) is 2.07. The Labute approximate surface area is 98.8 Å². The van der Waals surface area contributed by atoms with Gasteiger partial charge in [0.2, 0.25) is 10.0 Å². The predicted octanol–water partition coefficient (Wildman–Crippen LogP) is 0.220. The molecule has 0 unspecified atom stereocenters. The molecule has 0 fully saturated rings. The van der Waals surface area contributed by atoms with E-state index in [-0.39, 0.29) is 17.1 Å². The van der Waals surface area contributed by atoms with Gasteiger partial charge >= 0.3 is 0 Å². The smallest absolute Gasteiger partial charge is 0.269 e. The van der Waals surface area contributed by atoms with E-state index in [0.29, 0.717) is 0 Å². The molecule has 3 N–H and O–H groups in total. The van der Waals surface area contributed by atoms with Crippen molar-refractivity contribution in [1.82, 2.24) is 4.72 Å². The zero-order valence-electron chi connectivity index (χ0n) is 9.16. The highest BCUT2D eigenvalue weighted by Crippen LogP contribution is 2.15. The van der Waals surface area contributed by atoms with Crippen LogP contribution in [0, 0.1) is 10.1 Å². The molecular formula is C9H13N3O4S. The van der Waals surface area contributed by atoms with E-state index in [4.69, 9.17) is 5.73 Å². The number of sulfonamides is 1. The number of benzene rings is 1. The van der Waals surface area contributed by atoms with Crippen LogP contribution in [0.25, 0.3) is 0 Å². The molecule has 0 saturated heterocycles. The highest BCUT2D eigenvalue weighted by atomic mass is 32.2. The summed E-state index contributed by atoms with van der Waals surface area (Å²) in [5.41, 5.74) is 5.15. The van der Waals surface area contributed by atoms with Gasteiger partial charge in [-0.1, -0.05) is 0 Å². The summed E-state index contributed by atoms with van der Waals surface area (Å²) in [4.78, 5) is 9.79. The van der Waals surface area contributed by atoms with Crippen molar-refractivity contribution in [2.75, 3.05) is 6.54 Å². The topological polar surface area (TPSA) is 115 Å². The molecule has 0 radical (unpaired) electrons. The average molecular weight is 259 g/mol. The number of non-ortho nitro benzene ring substituents is 1. The first kappa shape index (κ1) is 13.6. The van der Waals surface area contributed by atoms with Crippen LogP contribution in [-0.2, 0) is 10.0 Å². The number of hydrogen-bond acceptors (Lipinski definition) is 5. The van der Waals surface area contributed by atoms with Crippen molar-refractivity contribution in [2.24, 2.45) is 5.73 Å². The van der Waals surface area contributed by atoms with E-state index < -0.39 is 21.0 Å². The minimum Gasteiger partial charge on any atom is -0.329 e.